The van der Waals surface area contributed by atoms with E-state index in [4.69, 9.17) is 4.42 Å². The summed E-state index contributed by atoms with van der Waals surface area (Å²) in [5.41, 5.74) is 1.49. The molecule has 3 rings (SSSR count). The van der Waals surface area contributed by atoms with Crippen LogP contribution in [-0.4, -0.2) is 41.6 Å². The molecule has 1 aliphatic heterocycles. The van der Waals surface area contributed by atoms with Crippen LogP contribution in [0.5, 0.6) is 0 Å². The summed E-state index contributed by atoms with van der Waals surface area (Å²) in [6.07, 6.45) is 12.0. The number of hydrogen-bond donors (Lipinski definition) is 2. The number of likely N-dealkylation sites (tertiary alicyclic amines) is 1. The number of furan rings is 1. The molecule has 1 amide bonds. The molecular formula is C20H30N2O3. The number of allylic oxidation sites excluding steroid dienone is 1. The van der Waals surface area contributed by atoms with Crippen molar-refractivity contribution >= 4 is 5.91 Å². The summed E-state index contributed by atoms with van der Waals surface area (Å²) in [6, 6.07) is 3.84. The third kappa shape index (κ3) is 5.44. The lowest BCUT2D eigenvalue weighted by Crippen LogP contribution is -2.40. The van der Waals surface area contributed by atoms with Gasteiger partial charge in [0.1, 0.15) is 11.9 Å². The van der Waals surface area contributed by atoms with Crippen LogP contribution in [0.25, 0.3) is 0 Å². The first kappa shape index (κ1) is 18.2. The van der Waals surface area contributed by atoms with Crippen LogP contribution in [0.4, 0.5) is 0 Å². The number of nitrogens with one attached hydrogen (secondary N) is 1. The van der Waals surface area contributed by atoms with Crippen molar-refractivity contribution in [1.82, 2.24) is 10.2 Å². The molecule has 0 bridgehead atoms. The number of amides is 1. The van der Waals surface area contributed by atoms with Crippen LogP contribution in [0.1, 0.15) is 63.2 Å². The normalized spacial score (nSPS) is 22.6. The van der Waals surface area contributed by atoms with Crippen molar-refractivity contribution in [2.75, 3.05) is 19.6 Å². The summed E-state index contributed by atoms with van der Waals surface area (Å²) in [5, 5.41) is 13.3. The topological polar surface area (TPSA) is 65.7 Å². The molecular weight excluding hydrogens is 316 g/mol. The second-order valence-electron chi connectivity index (χ2n) is 7.24. The van der Waals surface area contributed by atoms with Crippen LogP contribution in [0, 0.1) is 0 Å². The average Bonchev–Trinajstić information content (AvgIpc) is 3.28. The largest absolute Gasteiger partial charge is 0.467 e. The van der Waals surface area contributed by atoms with Crippen molar-refractivity contribution in [2.24, 2.45) is 0 Å². The molecule has 2 unspecified atom stereocenters. The van der Waals surface area contributed by atoms with E-state index in [-0.39, 0.29) is 11.9 Å². The van der Waals surface area contributed by atoms with Gasteiger partial charge in [-0.1, -0.05) is 11.6 Å². The minimum Gasteiger partial charge on any atom is -0.467 e. The van der Waals surface area contributed by atoms with Crippen LogP contribution in [0.15, 0.2) is 34.5 Å². The summed E-state index contributed by atoms with van der Waals surface area (Å²) in [7, 11) is 0. The Labute approximate surface area is 150 Å². The maximum absolute atomic E-state index is 12.2. The predicted molar refractivity (Wildman–Crippen MR) is 97.1 cm³/mol. The fraction of sp³-hybridized carbons (Fsp3) is 0.650. The SMILES string of the molecule is O=C(CN1CCCC1CC(O)c1ccco1)NCCC1=CCCCC1. The first-order valence-electron chi connectivity index (χ1n) is 9.62. The number of hydrogen-bond acceptors (Lipinski definition) is 4. The molecule has 0 spiro atoms. The fourth-order valence-corrected chi connectivity index (χ4v) is 3.96. The first-order chi connectivity index (χ1) is 12.2. The van der Waals surface area contributed by atoms with Gasteiger partial charge in [-0.15, -0.1) is 0 Å². The van der Waals surface area contributed by atoms with Crippen LogP contribution < -0.4 is 5.32 Å². The molecule has 1 fully saturated rings. The minimum absolute atomic E-state index is 0.0933. The lowest BCUT2D eigenvalue weighted by atomic mass is 9.97. The van der Waals surface area contributed by atoms with E-state index in [1.54, 1.807) is 18.4 Å². The molecule has 5 heteroatoms. The zero-order valence-electron chi connectivity index (χ0n) is 15.0. The Kier molecular flexibility index (Phi) is 6.70. The second kappa shape index (κ2) is 9.20. The third-order valence-electron chi connectivity index (χ3n) is 5.37. The number of carbonyl (C=O) groups is 1. The van der Waals surface area contributed by atoms with Gasteiger partial charge in [0.25, 0.3) is 0 Å². The van der Waals surface area contributed by atoms with Crippen molar-refractivity contribution in [3.63, 3.8) is 0 Å². The Morgan fingerprint density at radius 2 is 2.32 bits per heavy atom. The maximum Gasteiger partial charge on any atom is 0.234 e. The van der Waals surface area contributed by atoms with Crippen molar-refractivity contribution in [2.45, 2.75) is 63.5 Å². The third-order valence-corrected chi connectivity index (χ3v) is 5.37. The Morgan fingerprint density at radius 1 is 1.40 bits per heavy atom. The standard InChI is InChI=1S/C20H30N2O3/c23-18(19-9-5-13-25-19)14-17-8-4-12-22(17)15-20(24)21-11-10-16-6-2-1-3-7-16/h5-6,9,13,17-18,23H,1-4,7-8,10-12,14-15H2,(H,21,24). The number of aliphatic hydroxyl groups excluding tert-OH is 1. The zero-order valence-corrected chi connectivity index (χ0v) is 15.0. The van der Waals surface area contributed by atoms with E-state index in [0.717, 1.165) is 32.4 Å². The van der Waals surface area contributed by atoms with Gasteiger partial charge in [-0.3, -0.25) is 9.69 Å². The number of nitrogens with zero attached hydrogens (tertiary/aromatic N) is 1. The van der Waals surface area contributed by atoms with Crippen LogP contribution in [0.3, 0.4) is 0 Å². The molecule has 2 atom stereocenters. The molecule has 2 heterocycles. The molecule has 1 aliphatic carbocycles. The number of rotatable bonds is 8. The van der Waals surface area contributed by atoms with Crippen LogP contribution in [0.2, 0.25) is 0 Å². The lowest BCUT2D eigenvalue weighted by molar-refractivity contribution is -0.122. The number of carbonyl (C=O) groups excluding carboxylic acids is 1. The molecule has 0 saturated carbocycles. The van der Waals surface area contributed by atoms with Crippen molar-refractivity contribution in [3.8, 4) is 0 Å². The lowest BCUT2D eigenvalue weighted by Gasteiger charge is -2.25. The Balaban J connectivity index is 1.39. The zero-order chi connectivity index (χ0) is 17.5. The Hall–Kier alpha value is -1.59. The van der Waals surface area contributed by atoms with E-state index in [9.17, 15) is 9.90 Å². The van der Waals surface area contributed by atoms with E-state index >= 15 is 0 Å². The van der Waals surface area contributed by atoms with Gasteiger partial charge in [-0.25, -0.2) is 0 Å². The van der Waals surface area contributed by atoms with Gasteiger partial charge >= 0.3 is 0 Å². The molecule has 2 N–H and O–H groups in total. The molecule has 2 aliphatic rings. The molecule has 1 saturated heterocycles. The van der Waals surface area contributed by atoms with Crippen molar-refractivity contribution in [3.05, 3.63) is 35.8 Å². The Morgan fingerprint density at radius 3 is 3.08 bits per heavy atom. The van der Waals surface area contributed by atoms with Gasteiger partial charge in [0.15, 0.2) is 0 Å². The molecule has 5 nitrogen and oxygen atoms in total. The summed E-state index contributed by atoms with van der Waals surface area (Å²) < 4.78 is 5.28. The molecule has 0 radical (unpaired) electrons. The minimum atomic E-state index is -0.595. The summed E-state index contributed by atoms with van der Waals surface area (Å²) in [6.45, 7) is 2.08. The van der Waals surface area contributed by atoms with E-state index in [1.807, 2.05) is 0 Å². The molecule has 1 aromatic heterocycles. The van der Waals surface area contributed by atoms with Crippen LogP contribution in [-0.2, 0) is 4.79 Å². The fourth-order valence-electron chi connectivity index (χ4n) is 3.96. The number of aliphatic hydroxyl groups is 1. The maximum atomic E-state index is 12.2. The second-order valence-corrected chi connectivity index (χ2v) is 7.24. The molecule has 25 heavy (non-hydrogen) atoms. The molecule has 0 aromatic carbocycles. The van der Waals surface area contributed by atoms with Crippen molar-refractivity contribution in [1.29, 1.82) is 0 Å². The Bertz CT molecular complexity index is 568. The summed E-state index contributed by atoms with van der Waals surface area (Å²) in [5.74, 6) is 0.702. The highest BCUT2D eigenvalue weighted by atomic mass is 16.4. The molecule has 1 aromatic rings. The summed E-state index contributed by atoms with van der Waals surface area (Å²) >= 11 is 0. The summed E-state index contributed by atoms with van der Waals surface area (Å²) in [4.78, 5) is 14.4. The van der Waals surface area contributed by atoms with Gasteiger partial charge in [-0.2, -0.15) is 0 Å². The van der Waals surface area contributed by atoms with E-state index < -0.39 is 6.10 Å². The highest BCUT2D eigenvalue weighted by Gasteiger charge is 2.29. The van der Waals surface area contributed by atoms with Gasteiger partial charge in [0, 0.05) is 12.6 Å². The predicted octanol–water partition coefficient (Wildman–Crippen LogP) is 3.17. The van der Waals surface area contributed by atoms with Crippen molar-refractivity contribution < 1.29 is 14.3 Å². The highest BCUT2D eigenvalue weighted by molar-refractivity contribution is 5.78. The van der Waals surface area contributed by atoms with E-state index in [0.29, 0.717) is 18.7 Å². The molecule has 138 valence electrons. The van der Waals surface area contributed by atoms with Crippen LogP contribution >= 0.6 is 0 Å². The first-order valence-corrected chi connectivity index (χ1v) is 9.62. The quantitative estimate of drug-likeness (QED) is 0.710. The van der Waals surface area contributed by atoms with E-state index in [1.165, 1.54) is 31.3 Å². The highest BCUT2D eigenvalue weighted by Crippen LogP contribution is 2.27. The average molecular weight is 346 g/mol. The van der Waals surface area contributed by atoms with E-state index in [2.05, 4.69) is 16.3 Å². The van der Waals surface area contributed by atoms with Gasteiger partial charge in [0.05, 0.1) is 12.8 Å². The van der Waals surface area contributed by atoms with Gasteiger partial charge in [0.2, 0.25) is 5.91 Å². The van der Waals surface area contributed by atoms with Gasteiger partial charge < -0.3 is 14.8 Å². The van der Waals surface area contributed by atoms with Gasteiger partial charge in [-0.05, 0) is 70.0 Å². The smallest absolute Gasteiger partial charge is 0.234 e. The monoisotopic (exact) mass is 346 g/mol.